The van der Waals surface area contributed by atoms with Crippen molar-refractivity contribution in [2.45, 2.75) is 51.8 Å². The van der Waals surface area contributed by atoms with Gasteiger partial charge in [-0.15, -0.1) is 0 Å². The molecule has 1 N–H and O–H groups in total. The van der Waals surface area contributed by atoms with Crippen LogP contribution in [0.2, 0.25) is 0 Å². The Morgan fingerprint density at radius 1 is 1.57 bits per heavy atom. The molecular formula is C16H22N4O3. The quantitative estimate of drug-likeness (QED) is 0.915. The normalized spacial score (nSPS) is 17.3. The first-order valence-electron chi connectivity index (χ1n) is 7.91. The van der Waals surface area contributed by atoms with Crippen molar-refractivity contribution in [2.24, 2.45) is 0 Å². The van der Waals surface area contributed by atoms with Crippen molar-refractivity contribution in [2.75, 3.05) is 7.11 Å². The van der Waals surface area contributed by atoms with Gasteiger partial charge in [-0.05, 0) is 38.7 Å². The van der Waals surface area contributed by atoms with Crippen molar-refractivity contribution in [3.63, 3.8) is 0 Å². The van der Waals surface area contributed by atoms with Gasteiger partial charge in [0.2, 0.25) is 0 Å². The van der Waals surface area contributed by atoms with Gasteiger partial charge in [-0.3, -0.25) is 9.48 Å². The summed E-state index contributed by atoms with van der Waals surface area (Å²) < 4.78 is 12.0. The third kappa shape index (κ3) is 3.29. The van der Waals surface area contributed by atoms with Gasteiger partial charge in [0, 0.05) is 25.4 Å². The second kappa shape index (κ2) is 6.54. The van der Waals surface area contributed by atoms with Crippen LogP contribution in [-0.4, -0.2) is 28.0 Å². The zero-order valence-corrected chi connectivity index (χ0v) is 13.7. The number of fused-ring (bicyclic) bond motifs is 1. The maximum absolute atomic E-state index is 12.4. The summed E-state index contributed by atoms with van der Waals surface area (Å²) in [6.07, 6.45) is 5.02. The van der Waals surface area contributed by atoms with Gasteiger partial charge in [-0.1, -0.05) is 5.16 Å². The molecule has 2 heterocycles. The lowest BCUT2D eigenvalue weighted by Crippen LogP contribution is -2.31. The Labute approximate surface area is 135 Å². The highest BCUT2D eigenvalue weighted by molar-refractivity contribution is 5.92. The predicted molar refractivity (Wildman–Crippen MR) is 83.0 cm³/mol. The summed E-state index contributed by atoms with van der Waals surface area (Å²) in [4.78, 5) is 12.4. The fraction of sp³-hybridized carbons (Fsp3) is 0.562. The molecule has 0 spiro atoms. The molecule has 0 bridgehead atoms. The predicted octanol–water partition coefficient (Wildman–Crippen LogP) is 2.41. The van der Waals surface area contributed by atoms with E-state index in [1.807, 2.05) is 4.68 Å². The Morgan fingerprint density at radius 2 is 2.39 bits per heavy atom. The van der Waals surface area contributed by atoms with Crippen LogP contribution >= 0.6 is 0 Å². The third-order valence-electron chi connectivity index (χ3n) is 4.02. The van der Waals surface area contributed by atoms with Crippen LogP contribution in [0.1, 0.15) is 66.3 Å². The van der Waals surface area contributed by atoms with Crippen LogP contribution < -0.4 is 5.32 Å². The van der Waals surface area contributed by atoms with Gasteiger partial charge < -0.3 is 14.6 Å². The summed E-state index contributed by atoms with van der Waals surface area (Å²) in [5.41, 5.74) is 2.46. The zero-order chi connectivity index (χ0) is 16.4. The van der Waals surface area contributed by atoms with Crippen LogP contribution in [0.5, 0.6) is 0 Å². The summed E-state index contributed by atoms with van der Waals surface area (Å²) in [6, 6.07) is 1.84. The number of nitrogens with one attached hydrogen (secondary N) is 1. The standard InChI is InChI=1S/C16H22N4O3/c1-10(2)20-8-11-5-4-6-13(15(11)18-20)17-16(21)14-7-12(9-22-3)23-19-14/h7-8,10,13H,4-6,9H2,1-3H3,(H,17,21)/t13-/m0/s1. The summed E-state index contributed by atoms with van der Waals surface area (Å²) in [6.45, 7) is 4.49. The van der Waals surface area contributed by atoms with Crippen molar-refractivity contribution >= 4 is 5.91 Å². The average Bonchev–Trinajstić information content (AvgIpc) is 3.14. The molecule has 2 aromatic rings. The van der Waals surface area contributed by atoms with Crippen molar-refractivity contribution < 1.29 is 14.1 Å². The number of carbonyl (C=O) groups is 1. The SMILES string of the molecule is COCc1cc(C(=O)N[C@H]2CCCc3cn(C(C)C)nc32)no1. The number of hydrogen-bond donors (Lipinski definition) is 1. The lowest BCUT2D eigenvalue weighted by molar-refractivity contribution is 0.0921. The highest BCUT2D eigenvalue weighted by atomic mass is 16.5. The summed E-state index contributed by atoms with van der Waals surface area (Å²) in [5.74, 6) is 0.291. The molecule has 0 saturated heterocycles. The fourth-order valence-electron chi connectivity index (χ4n) is 2.83. The Kier molecular flexibility index (Phi) is 4.47. The minimum atomic E-state index is -0.243. The first-order chi connectivity index (χ1) is 11.1. The number of methoxy groups -OCH3 is 1. The van der Waals surface area contributed by atoms with E-state index in [9.17, 15) is 4.79 Å². The number of amides is 1. The Bertz CT molecular complexity index is 689. The molecule has 23 heavy (non-hydrogen) atoms. The van der Waals surface area contributed by atoms with Gasteiger partial charge in [0.05, 0.1) is 11.7 Å². The highest BCUT2D eigenvalue weighted by Crippen LogP contribution is 2.29. The van der Waals surface area contributed by atoms with Crippen LogP contribution in [0.4, 0.5) is 0 Å². The maximum atomic E-state index is 12.4. The molecule has 1 aliphatic carbocycles. The van der Waals surface area contributed by atoms with Gasteiger partial charge >= 0.3 is 0 Å². The summed E-state index contributed by atoms with van der Waals surface area (Å²) >= 11 is 0. The number of aromatic nitrogens is 3. The van der Waals surface area contributed by atoms with Crippen molar-refractivity contribution in [3.05, 3.63) is 35.0 Å². The molecular weight excluding hydrogens is 296 g/mol. The topological polar surface area (TPSA) is 82.2 Å². The number of ether oxygens (including phenoxy) is 1. The van der Waals surface area contributed by atoms with E-state index in [-0.39, 0.29) is 17.6 Å². The van der Waals surface area contributed by atoms with Crippen LogP contribution in [0.15, 0.2) is 16.8 Å². The molecule has 1 amide bonds. The van der Waals surface area contributed by atoms with Gasteiger partial charge in [-0.2, -0.15) is 5.10 Å². The average molecular weight is 318 g/mol. The third-order valence-corrected chi connectivity index (χ3v) is 4.02. The Balaban J connectivity index is 1.74. The molecule has 0 fully saturated rings. The first kappa shape index (κ1) is 15.7. The molecule has 7 nitrogen and oxygen atoms in total. The summed E-state index contributed by atoms with van der Waals surface area (Å²) in [7, 11) is 1.57. The number of carbonyl (C=O) groups excluding carboxylic acids is 1. The second-order valence-corrected chi connectivity index (χ2v) is 6.14. The van der Waals surface area contributed by atoms with Crippen LogP contribution in [0.25, 0.3) is 0 Å². The monoisotopic (exact) mass is 318 g/mol. The summed E-state index contributed by atoms with van der Waals surface area (Å²) in [5, 5.41) is 11.5. The molecule has 3 rings (SSSR count). The molecule has 1 atom stereocenters. The molecule has 0 aromatic carbocycles. The van der Waals surface area contributed by atoms with Crippen molar-refractivity contribution in [1.29, 1.82) is 0 Å². The lowest BCUT2D eigenvalue weighted by atomic mass is 9.93. The number of hydrogen-bond acceptors (Lipinski definition) is 5. The van der Waals surface area contributed by atoms with E-state index in [1.54, 1.807) is 13.2 Å². The van der Waals surface area contributed by atoms with Crippen molar-refractivity contribution in [1.82, 2.24) is 20.3 Å². The molecule has 0 saturated carbocycles. The molecule has 2 aromatic heterocycles. The lowest BCUT2D eigenvalue weighted by Gasteiger charge is -2.21. The zero-order valence-electron chi connectivity index (χ0n) is 13.7. The maximum Gasteiger partial charge on any atom is 0.274 e. The van der Waals surface area contributed by atoms with Gasteiger partial charge in [0.25, 0.3) is 5.91 Å². The molecule has 0 aliphatic heterocycles. The van der Waals surface area contributed by atoms with E-state index in [4.69, 9.17) is 9.26 Å². The van der Waals surface area contributed by atoms with Gasteiger partial charge in [0.1, 0.15) is 6.61 Å². The number of nitrogens with zero attached hydrogens (tertiary/aromatic N) is 3. The van der Waals surface area contributed by atoms with Gasteiger partial charge in [0.15, 0.2) is 11.5 Å². The smallest absolute Gasteiger partial charge is 0.274 e. The van der Waals surface area contributed by atoms with E-state index in [2.05, 4.69) is 35.6 Å². The Morgan fingerprint density at radius 3 is 3.13 bits per heavy atom. The number of rotatable bonds is 5. The minimum absolute atomic E-state index is 0.0752. The molecule has 7 heteroatoms. The van der Waals surface area contributed by atoms with Crippen molar-refractivity contribution in [3.8, 4) is 0 Å². The minimum Gasteiger partial charge on any atom is -0.377 e. The molecule has 0 radical (unpaired) electrons. The molecule has 0 unspecified atom stereocenters. The van der Waals surface area contributed by atoms with E-state index < -0.39 is 0 Å². The molecule has 124 valence electrons. The van der Waals surface area contributed by atoms with Crippen LogP contribution in [0.3, 0.4) is 0 Å². The largest absolute Gasteiger partial charge is 0.377 e. The molecule has 1 aliphatic rings. The number of aryl methyl sites for hydroxylation is 1. The van der Waals surface area contributed by atoms with E-state index in [0.717, 1.165) is 25.0 Å². The second-order valence-electron chi connectivity index (χ2n) is 6.14. The fourth-order valence-corrected chi connectivity index (χ4v) is 2.83. The Hall–Kier alpha value is -2.15. The van der Waals surface area contributed by atoms with Crippen LogP contribution in [-0.2, 0) is 17.8 Å². The first-order valence-corrected chi connectivity index (χ1v) is 7.91. The van der Waals surface area contributed by atoms with E-state index in [0.29, 0.717) is 18.4 Å². The van der Waals surface area contributed by atoms with E-state index in [1.165, 1.54) is 5.56 Å². The highest BCUT2D eigenvalue weighted by Gasteiger charge is 2.27. The van der Waals surface area contributed by atoms with Gasteiger partial charge in [-0.25, -0.2) is 0 Å². The van der Waals surface area contributed by atoms with Crippen LogP contribution in [0, 0.1) is 0 Å². The van der Waals surface area contributed by atoms with E-state index >= 15 is 0 Å².